The summed E-state index contributed by atoms with van der Waals surface area (Å²) in [5.41, 5.74) is 7.55. The summed E-state index contributed by atoms with van der Waals surface area (Å²) in [4.78, 5) is 0. The molecule has 18 heavy (non-hydrogen) atoms. The molecule has 1 saturated carbocycles. The standard InChI is InChI=1S/C15H21BrFN/c1-10-5-6-15(18,11(2)7-10)9-12-3-4-13(17)8-14(12)16/h3-4,8,10-11H,5-7,9,18H2,1-2H3. The zero-order chi connectivity index (χ0) is 13.3. The molecule has 1 fully saturated rings. The minimum atomic E-state index is -0.206. The Hall–Kier alpha value is -0.410. The molecule has 3 atom stereocenters. The summed E-state index contributed by atoms with van der Waals surface area (Å²) in [7, 11) is 0. The second-order valence-electron chi connectivity index (χ2n) is 5.93. The van der Waals surface area contributed by atoms with E-state index in [0.717, 1.165) is 28.8 Å². The maximum Gasteiger partial charge on any atom is 0.124 e. The van der Waals surface area contributed by atoms with Crippen molar-refractivity contribution in [2.75, 3.05) is 0 Å². The van der Waals surface area contributed by atoms with Gasteiger partial charge in [0.2, 0.25) is 0 Å². The third kappa shape index (κ3) is 2.94. The molecule has 1 aliphatic carbocycles. The summed E-state index contributed by atoms with van der Waals surface area (Å²) < 4.78 is 13.9. The average Bonchev–Trinajstić information content (AvgIpc) is 2.29. The van der Waals surface area contributed by atoms with Crippen LogP contribution in [-0.4, -0.2) is 5.54 Å². The van der Waals surface area contributed by atoms with Gasteiger partial charge in [-0.25, -0.2) is 4.39 Å². The first-order chi connectivity index (χ1) is 8.40. The number of rotatable bonds is 2. The molecule has 2 N–H and O–H groups in total. The average molecular weight is 314 g/mol. The highest BCUT2D eigenvalue weighted by atomic mass is 79.9. The van der Waals surface area contributed by atoms with E-state index in [1.54, 1.807) is 0 Å². The summed E-state index contributed by atoms with van der Waals surface area (Å²) in [5, 5.41) is 0. The van der Waals surface area contributed by atoms with Gasteiger partial charge in [-0.3, -0.25) is 0 Å². The second kappa shape index (κ2) is 5.30. The van der Waals surface area contributed by atoms with E-state index in [9.17, 15) is 4.39 Å². The molecule has 3 heteroatoms. The summed E-state index contributed by atoms with van der Waals surface area (Å²) in [6.07, 6.45) is 4.26. The molecule has 1 aromatic carbocycles. The monoisotopic (exact) mass is 313 g/mol. The molecule has 0 spiro atoms. The quantitative estimate of drug-likeness (QED) is 0.866. The van der Waals surface area contributed by atoms with Crippen molar-refractivity contribution in [1.82, 2.24) is 0 Å². The summed E-state index contributed by atoms with van der Waals surface area (Å²) in [5.74, 6) is 1.08. The third-order valence-corrected chi connectivity index (χ3v) is 5.11. The van der Waals surface area contributed by atoms with Crippen molar-refractivity contribution in [3.05, 3.63) is 34.1 Å². The summed E-state index contributed by atoms with van der Waals surface area (Å²) >= 11 is 3.43. The van der Waals surface area contributed by atoms with Crippen molar-refractivity contribution in [1.29, 1.82) is 0 Å². The fraction of sp³-hybridized carbons (Fsp3) is 0.600. The van der Waals surface area contributed by atoms with Crippen molar-refractivity contribution < 1.29 is 4.39 Å². The zero-order valence-electron chi connectivity index (χ0n) is 11.0. The van der Waals surface area contributed by atoms with E-state index in [1.165, 1.54) is 25.0 Å². The van der Waals surface area contributed by atoms with Crippen LogP contribution in [0.15, 0.2) is 22.7 Å². The van der Waals surface area contributed by atoms with Crippen LogP contribution >= 0.6 is 15.9 Å². The van der Waals surface area contributed by atoms with Gasteiger partial charge in [-0.2, -0.15) is 0 Å². The first kappa shape index (κ1) is 14.0. The van der Waals surface area contributed by atoms with Gasteiger partial charge in [-0.1, -0.05) is 35.8 Å². The molecule has 0 radical (unpaired) electrons. The lowest BCUT2D eigenvalue weighted by atomic mass is 9.68. The number of nitrogens with two attached hydrogens (primary N) is 1. The molecule has 0 bridgehead atoms. The van der Waals surface area contributed by atoms with Crippen molar-refractivity contribution in [3.8, 4) is 0 Å². The zero-order valence-corrected chi connectivity index (χ0v) is 12.6. The highest BCUT2D eigenvalue weighted by Crippen LogP contribution is 2.38. The Balaban J connectivity index is 2.17. The van der Waals surface area contributed by atoms with Gasteiger partial charge in [0.05, 0.1) is 0 Å². The molecule has 0 amide bonds. The molecular weight excluding hydrogens is 293 g/mol. The van der Waals surface area contributed by atoms with E-state index in [0.29, 0.717) is 5.92 Å². The van der Waals surface area contributed by atoms with Crippen LogP contribution in [0.3, 0.4) is 0 Å². The van der Waals surface area contributed by atoms with Gasteiger partial charge < -0.3 is 5.73 Å². The van der Waals surface area contributed by atoms with E-state index in [1.807, 2.05) is 6.07 Å². The molecule has 1 nitrogen and oxygen atoms in total. The Morgan fingerprint density at radius 1 is 1.44 bits per heavy atom. The Bertz CT molecular complexity index is 435. The van der Waals surface area contributed by atoms with Gasteiger partial charge in [-0.15, -0.1) is 0 Å². The van der Waals surface area contributed by atoms with Gasteiger partial charge in [0, 0.05) is 10.0 Å². The van der Waals surface area contributed by atoms with Gasteiger partial charge in [0.25, 0.3) is 0 Å². The SMILES string of the molecule is CC1CCC(N)(Cc2ccc(F)cc2Br)C(C)C1. The van der Waals surface area contributed by atoms with Gasteiger partial charge in [0.15, 0.2) is 0 Å². The van der Waals surface area contributed by atoms with Gasteiger partial charge in [-0.05, 0) is 55.2 Å². The summed E-state index contributed by atoms with van der Waals surface area (Å²) in [6.45, 7) is 4.54. The van der Waals surface area contributed by atoms with Crippen LogP contribution in [-0.2, 0) is 6.42 Å². The van der Waals surface area contributed by atoms with Gasteiger partial charge in [0.1, 0.15) is 5.82 Å². The molecule has 1 aromatic rings. The lowest BCUT2D eigenvalue weighted by Gasteiger charge is -2.42. The van der Waals surface area contributed by atoms with E-state index in [4.69, 9.17) is 5.73 Å². The predicted octanol–water partition coefficient (Wildman–Crippen LogP) is 4.28. The predicted molar refractivity (Wildman–Crippen MR) is 76.9 cm³/mol. The molecule has 0 heterocycles. The van der Waals surface area contributed by atoms with Crippen molar-refractivity contribution in [2.45, 2.75) is 45.1 Å². The van der Waals surface area contributed by atoms with Crippen molar-refractivity contribution >= 4 is 15.9 Å². The van der Waals surface area contributed by atoms with Crippen molar-refractivity contribution in [3.63, 3.8) is 0 Å². The molecule has 100 valence electrons. The maximum atomic E-state index is 13.1. The van der Waals surface area contributed by atoms with E-state index in [-0.39, 0.29) is 11.4 Å². The van der Waals surface area contributed by atoms with Crippen LogP contribution in [0.5, 0.6) is 0 Å². The topological polar surface area (TPSA) is 26.0 Å². The fourth-order valence-electron chi connectivity index (χ4n) is 3.00. The highest BCUT2D eigenvalue weighted by Gasteiger charge is 2.37. The molecule has 0 aromatic heterocycles. The third-order valence-electron chi connectivity index (χ3n) is 4.37. The Kier molecular flexibility index (Phi) is 4.12. The van der Waals surface area contributed by atoms with Crippen LogP contribution in [0.4, 0.5) is 4.39 Å². The Morgan fingerprint density at radius 3 is 2.78 bits per heavy atom. The largest absolute Gasteiger partial charge is 0.325 e. The van der Waals surface area contributed by atoms with Crippen LogP contribution in [0.1, 0.15) is 38.7 Å². The number of benzene rings is 1. The minimum Gasteiger partial charge on any atom is -0.325 e. The Labute approximate surface area is 117 Å². The lowest BCUT2D eigenvalue weighted by Crippen LogP contribution is -2.51. The highest BCUT2D eigenvalue weighted by molar-refractivity contribution is 9.10. The van der Waals surface area contributed by atoms with Gasteiger partial charge >= 0.3 is 0 Å². The molecule has 0 saturated heterocycles. The van der Waals surface area contributed by atoms with Crippen LogP contribution in [0, 0.1) is 17.7 Å². The molecule has 3 unspecified atom stereocenters. The van der Waals surface area contributed by atoms with E-state index >= 15 is 0 Å². The lowest BCUT2D eigenvalue weighted by molar-refractivity contribution is 0.163. The van der Waals surface area contributed by atoms with Crippen LogP contribution in [0.2, 0.25) is 0 Å². The second-order valence-corrected chi connectivity index (χ2v) is 6.78. The minimum absolute atomic E-state index is 0.146. The Morgan fingerprint density at radius 2 is 2.17 bits per heavy atom. The maximum absolute atomic E-state index is 13.1. The molecular formula is C15H21BrFN. The van der Waals surface area contributed by atoms with Crippen LogP contribution < -0.4 is 5.73 Å². The first-order valence-corrected chi connectivity index (χ1v) is 7.43. The smallest absolute Gasteiger partial charge is 0.124 e. The van der Waals surface area contributed by atoms with Crippen LogP contribution in [0.25, 0.3) is 0 Å². The summed E-state index contributed by atoms with van der Waals surface area (Å²) in [6, 6.07) is 4.88. The number of halogens is 2. The molecule has 1 aliphatic rings. The first-order valence-electron chi connectivity index (χ1n) is 6.63. The van der Waals surface area contributed by atoms with E-state index in [2.05, 4.69) is 29.8 Å². The van der Waals surface area contributed by atoms with Crippen molar-refractivity contribution in [2.24, 2.45) is 17.6 Å². The van der Waals surface area contributed by atoms with E-state index < -0.39 is 0 Å². The normalized spacial score (nSPS) is 32.5. The fourth-order valence-corrected chi connectivity index (χ4v) is 3.49. The number of hydrogen-bond acceptors (Lipinski definition) is 1. The molecule has 2 rings (SSSR count). The number of hydrogen-bond donors (Lipinski definition) is 1. The molecule has 0 aliphatic heterocycles.